The number of anilines is 2. The summed E-state index contributed by atoms with van der Waals surface area (Å²) in [6, 6.07) is 4.90. The number of hydrogen-bond donors (Lipinski definition) is 3. The summed E-state index contributed by atoms with van der Waals surface area (Å²) in [6.45, 7) is 2.28. The van der Waals surface area contributed by atoms with Gasteiger partial charge in [0.25, 0.3) is 0 Å². The van der Waals surface area contributed by atoms with Crippen molar-refractivity contribution in [1.82, 2.24) is 10.2 Å². The lowest BCUT2D eigenvalue weighted by Crippen LogP contribution is -2.48. The van der Waals surface area contributed by atoms with E-state index in [2.05, 4.69) is 10.6 Å². The fraction of sp³-hybridized carbons (Fsp3) is 0.533. The summed E-state index contributed by atoms with van der Waals surface area (Å²) >= 11 is 5.98. The minimum absolute atomic E-state index is 0.148. The third-order valence-electron chi connectivity index (χ3n) is 2.98. The van der Waals surface area contributed by atoms with E-state index in [0.717, 1.165) is 5.69 Å². The lowest BCUT2D eigenvalue weighted by molar-refractivity contribution is 0.0364. The standard InChI is InChI=1S/C15H25ClN4O2/c1-15(22,10-19(2)3)9-17-14(21)18-12-8-11(16)6-7-13(12)20(4)5/h6-8,22H,9-10H2,1-5H3,(H2,17,18,21)/t15-/m1/s1. The summed E-state index contributed by atoms with van der Waals surface area (Å²) in [5.41, 5.74) is 0.460. The van der Waals surface area contributed by atoms with E-state index in [-0.39, 0.29) is 12.6 Å². The highest BCUT2D eigenvalue weighted by molar-refractivity contribution is 6.31. The third-order valence-corrected chi connectivity index (χ3v) is 3.21. The van der Waals surface area contributed by atoms with E-state index in [0.29, 0.717) is 17.3 Å². The van der Waals surface area contributed by atoms with E-state index < -0.39 is 5.60 Å². The van der Waals surface area contributed by atoms with Crippen molar-refractivity contribution in [1.29, 1.82) is 0 Å². The number of amides is 2. The number of aliphatic hydroxyl groups is 1. The van der Waals surface area contributed by atoms with Crippen LogP contribution in [0.3, 0.4) is 0 Å². The van der Waals surface area contributed by atoms with Gasteiger partial charge < -0.3 is 25.5 Å². The molecule has 1 atom stereocenters. The minimum Gasteiger partial charge on any atom is -0.387 e. The first-order valence-corrected chi connectivity index (χ1v) is 7.37. The number of nitrogens with one attached hydrogen (secondary N) is 2. The van der Waals surface area contributed by atoms with Gasteiger partial charge in [-0.1, -0.05) is 11.6 Å². The van der Waals surface area contributed by atoms with Crippen molar-refractivity contribution in [2.24, 2.45) is 0 Å². The predicted octanol–water partition coefficient (Wildman–Crippen LogP) is 1.84. The van der Waals surface area contributed by atoms with Gasteiger partial charge in [0, 0.05) is 32.2 Å². The molecule has 1 rings (SSSR count). The molecule has 2 amide bonds. The van der Waals surface area contributed by atoms with Crippen LogP contribution in [0.25, 0.3) is 0 Å². The normalized spacial score (nSPS) is 13.6. The van der Waals surface area contributed by atoms with Crippen LogP contribution in [0.5, 0.6) is 0 Å². The Bertz CT molecular complexity index is 518. The summed E-state index contributed by atoms with van der Waals surface area (Å²) in [7, 11) is 7.50. The van der Waals surface area contributed by atoms with E-state index in [1.54, 1.807) is 19.1 Å². The molecule has 0 heterocycles. The molecule has 0 aliphatic heterocycles. The predicted molar refractivity (Wildman–Crippen MR) is 92.0 cm³/mol. The Kier molecular flexibility index (Phi) is 6.47. The summed E-state index contributed by atoms with van der Waals surface area (Å²) in [5, 5.41) is 16.1. The van der Waals surface area contributed by atoms with Gasteiger partial charge >= 0.3 is 6.03 Å². The highest BCUT2D eigenvalue weighted by Crippen LogP contribution is 2.27. The Morgan fingerprint density at radius 1 is 1.32 bits per heavy atom. The smallest absolute Gasteiger partial charge is 0.319 e. The third kappa shape index (κ3) is 6.09. The molecule has 0 unspecified atom stereocenters. The average molecular weight is 329 g/mol. The molecule has 0 fully saturated rings. The summed E-state index contributed by atoms with van der Waals surface area (Å²) in [6.07, 6.45) is 0. The van der Waals surface area contributed by atoms with Gasteiger partial charge in [-0.2, -0.15) is 0 Å². The lowest BCUT2D eigenvalue weighted by atomic mass is 10.1. The van der Waals surface area contributed by atoms with E-state index in [1.807, 2.05) is 44.1 Å². The lowest BCUT2D eigenvalue weighted by Gasteiger charge is -2.27. The van der Waals surface area contributed by atoms with Gasteiger partial charge in [-0.3, -0.25) is 0 Å². The maximum atomic E-state index is 12.0. The molecule has 6 nitrogen and oxygen atoms in total. The Labute approximate surface area is 137 Å². The molecule has 0 radical (unpaired) electrons. The molecule has 7 heteroatoms. The summed E-state index contributed by atoms with van der Waals surface area (Å²) in [4.78, 5) is 15.8. The van der Waals surface area contributed by atoms with E-state index >= 15 is 0 Å². The number of carbonyl (C=O) groups excluding carboxylic acids is 1. The number of carbonyl (C=O) groups is 1. The monoisotopic (exact) mass is 328 g/mol. The fourth-order valence-corrected chi connectivity index (χ4v) is 2.34. The largest absolute Gasteiger partial charge is 0.387 e. The van der Waals surface area contributed by atoms with Crippen LogP contribution in [-0.2, 0) is 0 Å². The van der Waals surface area contributed by atoms with Gasteiger partial charge in [-0.15, -0.1) is 0 Å². The molecule has 0 saturated heterocycles. The van der Waals surface area contributed by atoms with Crippen LogP contribution >= 0.6 is 11.6 Å². The van der Waals surface area contributed by atoms with Gasteiger partial charge in [-0.25, -0.2) is 4.79 Å². The van der Waals surface area contributed by atoms with Crippen molar-refractivity contribution in [3.05, 3.63) is 23.2 Å². The van der Waals surface area contributed by atoms with Crippen molar-refractivity contribution in [2.45, 2.75) is 12.5 Å². The number of benzene rings is 1. The molecular formula is C15H25ClN4O2. The number of hydrogen-bond acceptors (Lipinski definition) is 4. The molecule has 0 saturated carbocycles. The quantitative estimate of drug-likeness (QED) is 0.745. The molecule has 0 aliphatic carbocycles. The molecular weight excluding hydrogens is 304 g/mol. The minimum atomic E-state index is -1.00. The Morgan fingerprint density at radius 2 is 1.95 bits per heavy atom. The Morgan fingerprint density at radius 3 is 2.50 bits per heavy atom. The summed E-state index contributed by atoms with van der Waals surface area (Å²) in [5.74, 6) is 0. The van der Waals surface area contributed by atoms with E-state index in [9.17, 15) is 9.90 Å². The average Bonchev–Trinajstić information content (AvgIpc) is 2.34. The molecule has 22 heavy (non-hydrogen) atoms. The molecule has 1 aromatic carbocycles. The van der Waals surface area contributed by atoms with Gasteiger partial charge in [-0.05, 0) is 39.2 Å². The SMILES string of the molecule is CN(C)C[C@](C)(O)CNC(=O)Nc1cc(Cl)ccc1N(C)C. The molecule has 0 aromatic heterocycles. The van der Waals surface area contributed by atoms with Crippen LogP contribution < -0.4 is 15.5 Å². The second-order valence-electron chi connectivity index (χ2n) is 6.10. The van der Waals surface area contributed by atoms with Gasteiger partial charge in [0.05, 0.1) is 17.0 Å². The molecule has 0 spiro atoms. The Hall–Kier alpha value is -1.50. The summed E-state index contributed by atoms with van der Waals surface area (Å²) < 4.78 is 0. The fourth-order valence-electron chi connectivity index (χ4n) is 2.17. The van der Waals surface area contributed by atoms with E-state index in [1.165, 1.54) is 0 Å². The van der Waals surface area contributed by atoms with Crippen molar-refractivity contribution in [2.75, 3.05) is 51.5 Å². The van der Waals surface area contributed by atoms with Crippen molar-refractivity contribution in [3.8, 4) is 0 Å². The van der Waals surface area contributed by atoms with Crippen molar-refractivity contribution >= 4 is 29.0 Å². The number of nitrogens with zero attached hydrogens (tertiary/aromatic N) is 2. The molecule has 0 bridgehead atoms. The molecule has 0 aliphatic rings. The number of likely N-dealkylation sites (N-methyl/N-ethyl adjacent to an activating group) is 1. The zero-order chi connectivity index (χ0) is 16.9. The second-order valence-corrected chi connectivity index (χ2v) is 6.53. The molecule has 124 valence electrons. The van der Waals surface area contributed by atoms with Gasteiger partial charge in [0.15, 0.2) is 0 Å². The van der Waals surface area contributed by atoms with Crippen LogP contribution in [0.2, 0.25) is 5.02 Å². The van der Waals surface area contributed by atoms with Crippen LogP contribution in [0, 0.1) is 0 Å². The zero-order valence-corrected chi connectivity index (χ0v) is 14.5. The molecule has 1 aromatic rings. The van der Waals surface area contributed by atoms with Crippen LogP contribution in [-0.4, -0.2) is 62.9 Å². The van der Waals surface area contributed by atoms with Crippen molar-refractivity contribution in [3.63, 3.8) is 0 Å². The maximum Gasteiger partial charge on any atom is 0.319 e. The van der Waals surface area contributed by atoms with Crippen LogP contribution in [0.4, 0.5) is 16.2 Å². The maximum absolute atomic E-state index is 12.0. The number of halogens is 1. The first-order chi connectivity index (χ1) is 10.1. The highest BCUT2D eigenvalue weighted by atomic mass is 35.5. The number of rotatable bonds is 6. The van der Waals surface area contributed by atoms with E-state index in [4.69, 9.17) is 11.6 Å². The second kappa shape index (κ2) is 7.67. The topological polar surface area (TPSA) is 67.8 Å². The van der Waals surface area contributed by atoms with Crippen molar-refractivity contribution < 1.29 is 9.90 Å². The first kappa shape index (κ1) is 18.5. The van der Waals surface area contributed by atoms with Crippen LogP contribution in [0.1, 0.15) is 6.92 Å². The molecule has 3 N–H and O–H groups in total. The first-order valence-electron chi connectivity index (χ1n) is 6.99. The Balaban J connectivity index is 2.68. The van der Waals surface area contributed by atoms with Gasteiger partial charge in [0.2, 0.25) is 0 Å². The van der Waals surface area contributed by atoms with Crippen LogP contribution in [0.15, 0.2) is 18.2 Å². The van der Waals surface area contributed by atoms with Gasteiger partial charge in [0.1, 0.15) is 0 Å². The zero-order valence-electron chi connectivity index (χ0n) is 13.8. The highest BCUT2D eigenvalue weighted by Gasteiger charge is 2.22. The number of urea groups is 1.